The molecule has 0 fully saturated rings. The molecule has 0 aliphatic rings. The van der Waals surface area contributed by atoms with E-state index in [2.05, 4.69) is 10.3 Å². The van der Waals surface area contributed by atoms with Crippen molar-refractivity contribution in [2.45, 2.75) is 12.8 Å². The van der Waals surface area contributed by atoms with Crippen LogP contribution < -0.4 is 11.1 Å². The lowest BCUT2D eigenvalue weighted by molar-refractivity contribution is -0.137. The molecular weight excluding hydrogens is 230 g/mol. The topological polar surface area (TPSA) is 88.2 Å². The predicted octanol–water partition coefficient (Wildman–Crippen LogP) is 2.09. The van der Waals surface area contributed by atoms with Gasteiger partial charge in [0.05, 0.1) is 0 Å². The number of pyridine rings is 1. The highest BCUT2D eigenvalue weighted by Crippen LogP contribution is 2.22. The lowest BCUT2D eigenvalue weighted by Crippen LogP contribution is -2.06. The van der Waals surface area contributed by atoms with E-state index < -0.39 is 5.97 Å². The number of aliphatic carboxylic acids is 1. The maximum Gasteiger partial charge on any atom is 0.303 e. The van der Waals surface area contributed by atoms with E-state index >= 15 is 0 Å². The first-order valence-corrected chi connectivity index (χ1v) is 5.77. The van der Waals surface area contributed by atoms with Crippen molar-refractivity contribution in [3.05, 3.63) is 30.5 Å². The third-order valence-electron chi connectivity index (χ3n) is 2.65. The summed E-state index contributed by atoms with van der Waals surface area (Å²) in [5.74, 6) is -0.0201. The number of nitrogens with two attached hydrogens (primary N) is 1. The number of hydrogen-bond donors (Lipinski definition) is 3. The molecule has 5 heteroatoms. The van der Waals surface area contributed by atoms with Gasteiger partial charge in [0.25, 0.3) is 0 Å². The van der Waals surface area contributed by atoms with E-state index in [1.54, 1.807) is 6.20 Å². The Morgan fingerprint density at radius 3 is 3.00 bits per heavy atom. The average molecular weight is 245 g/mol. The summed E-state index contributed by atoms with van der Waals surface area (Å²) in [5.41, 5.74) is 6.44. The Labute approximate surface area is 105 Å². The Morgan fingerprint density at radius 1 is 1.39 bits per heavy atom. The second-order valence-electron chi connectivity index (χ2n) is 4.06. The van der Waals surface area contributed by atoms with Crippen LogP contribution in [-0.4, -0.2) is 22.6 Å². The summed E-state index contributed by atoms with van der Waals surface area (Å²) in [6.45, 7) is 0.586. The van der Waals surface area contributed by atoms with Gasteiger partial charge in [-0.05, 0) is 36.1 Å². The summed E-state index contributed by atoms with van der Waals surface area (Å²) in [4.78, 5) is 14.7. The standard InChI is InChI=1S/C13H15N3O2/c14-10-3-4-11-9(8-10)5-7-16-13(11)15-6-1-2-12(17)18/h3-5,7-8H,1-2,6,14H2,(H,15,16)(H,17,18). The molecule has 0 bridgehead atoms. The van der Waals surface area contributed by atoms with Crippen LogP contribution in [0.1, 0.15) is 12.8 Å². The van der Waals surface area contributed by atoms with E-state index in [1.807, 2.05) is 24.3 Å². The maximum atomic E-state index is 10.4. The van der Waals surface area contributed by atoms with E-state index in [4.69, 9.17) is 10.8 Å². The van der Waals surface area contributed by atoms with Crippen LogP contribution in [-0.2, 0) is 4.79 Å². The highest BCUT2D eigenvalue weighted by Gasteiger charge is 2.02. The van der Waals surface area contributed by atoms with Gasteiger partial charge in [-0.2, -0.15) is 0 Å². The molecule has 0 aliphatic heterocycles. The van der Waals surface area contributed by atoms with E-state index in [-0.39, 0.29) is 6.42 Å². The SMILES string of the molecule is Nc1ccc2c(NCCCC(=O)O)nccc2c1. The zero-order chi connectivity index (χ0) is 13.0. The number of nitrogen functional groups attached to an aromatic ring is 1. The number of carbonyl (C=O) groups is 1. The number of carboxylic acid groups (broad SMARTS) is 1. The number of carboxylic acids is 1. The molecule has 94 valence electrons. The third-order valence-corrected chi connectivity index (χ3v) is 2.65. The molecule has 0 saturated heterocycles. The molecule has 1 aromatic carbocycles. The Balaban J connectivity index is 2.11. The van der Waals surface area contributed by atoms with Crippen molar-refractivity contribution in [1.29, 1.82) is 0 Å². The summed E-state index contributed by atoms with van der Waals surface area (Å²) < 4.78 is 0. The van der Waals surface area contributed by atoms with Crippen LogP contribution in [0.25, 0.3) is 10.8 Å². The first kappa shape index (κ1) is 12.2. The molecule has 0 radical (unpaired) electrons. The number of nitrogens with zero attached hydrogens (tertiary/aromatic N) is 1. The molecule has 18 heavy (non-hydrogen) atoms. The normalized spacial score (nSPS) is 10.4. The Morgan fingerprint density at radius 2 is 2.22 bits per heavy atom. The average Bonchev–Trinajstić information content (AvgIpc) is 2.34. The molecule has 5 nitrogen and oxygen atoms in total. The van der Waals surface area contributed by atoms with E-state index in [0.29, 0.717) is 18.7 Å². The van der Waals surface area contributed by atoms with Gasteiger partial charge >= 0.3 is 5.97 Å². The van der Waals surface area contributed by atoms with Crippen molar-refractivity contribution in [2.75, 3.05) is 17.6 Å². The molecule has 0 spiro atoms. The van der Waals surface area contributed by atoms with Crippen LogP contribution >= 0.6 is 0 Å². The van der Waals surface area contributed by atoms with Crippen molar-refractivity contribution in [3.8, 4) is 0 Å². The second-order valence-corrected chi connectivity index (χ2v) is 4.06. The number of benzene rings is 1. The summed E-state index contributed by atoms with van der Waals surface area (Å²) in [6, 6.07) is 7.53. The Kier molecular flexibility index (Phi) is 3.62. The lowest BCUT2D eigenvalue weighted by Gasteiger charge is -2.08. The van der Waals surface area contributed by atoms with Crippen molar-refractivity contribution >= 4 is 28.2 Å². The first-order chi connectivity index (χ1) is 8.66. The molecule has 1 heterocycles. The fourth-order valence-corrected chi connectivity index (χ4v) is 1.78. The van der Waals surface area contributed by atoms with Gasteiger partial charge in [0.15, 0.2) is 0 Å². The minimum atomic E-state index is -0.782. The molecule has 0 amide bonds. The summed E-state index contributed by atoms with van der Waals surface area (Å²) >= 11 is 0. The first-order valence-electron chi connectivity index (χ1n) is 5.77. The van der Waals surface area contributed by atoms with Crippen LogP contribution in [0.2, 0.25) is 0 Å². The Hall–Kier alpha value is -2.30. The van der Waals surface area contributed by atoms with Gasteiger partial charge in [-0.15, -0.1) is 0 Å². The van der Waals surface area contributed by atoms with E-state index in [0.717, 1.165) is 16.6 Å². The summed E-state index contributed by atoms with van der Waals surface area (Å²) in [5, 5.41) is 13.7. The molecule has 1 aromatic heterocycles. The van der Waals surface area contributed by atoms with Gasteiger partial charge in [-0.1, -0.05) is 0 Å². The Bertz CT molecular complexity index is 569. The van der Waals surface area contributed by atoms with Gasteiger partial charge in [-0.3, -0.25) is 4.79 Å². The summed E-state index contributed by atoms with van der Waals surface area (Å²) in [7, 11) is 0. The number of hydrogen-bond acceptors (Lipinski definition) is 4. The molecule has 0 atom stereocenters. The monoisotopic (exact) mass is 245 g/mol. The van der Waals surface area contributed by atoms with Gasteiger partial charge in [0, 0.05) is 30.2 Å². The molecule has 2 aromatic rings. The van der Waals surface area contributed by atoms with Crippen molar-refractivity contribution < 1.29 is 9.90 Å². The fraction of sp³-hybridized carbons (Fsp3) is 0.231. The zero-order valence-electron chi connectivity index (χ0n) is 9.89. The van der Waals surface area contributed by atoms with Crippen molar-refractivity contribution in [1.82, 2.24) is 4.98 Å². The van der Waals surface area contributed by atoms with Gasteiger partial charge in [0.1, 0.15) is 5.82 Å². The largest absolute Gasteiger partial charge is 0.481 e. The second kappa shape index (κ2) is 5.35. The maximum absolute atomic E-state index is 10.4. The molecule has 0 unspecified atom stereocenters. The highest BCUT2D eigenvalue weighted by molar-refractivity contribution is 5.93. The van der Waals surface area contributed by atoms with Crippen LogP contribution in [0.5, 0.6) is 0 Å². The van der Waals surface area contributed by atoms with Crippen LogP contribution in [0.3, 0.4) is 0 Å². The van der Waals surface area contributed by atoms with Crippen LogP contribution in [0, 0.1) is 0 Å². The number of nitrogens with one attached hydrogen (secondary N) is 1. The molecule has 0 saturated carbocycles. The fourth-order valence-electron chi connectivity index (χ4n) is 1.78. The number of rotatable bonds is 5. The van der Waals surface area contributed by atoms with Gasteiger partial charge < -0.3 is 16.2 Å². The number of fused-ring (bicyclic) bond motifs is 1. The zero-order valence-corrected chi connectivity index (χ0v) is 9.89. The molecule has 0 aliphatic carbocycles. The number of aromatic nitrogens is 1. The predicted molar refractivity (Wildman–Crippen MR) is 71.5 cm³/mol. The molecular formula is C13H15N3O2. The van der Waals surface area contributed by atoms with E-state index in [1.165, 1.54) is 0 Å². The van der Waals surface area contributed by atoms with Crippen LogP contribution in [0.15, 0.2) is 30.5 Å². The van der Waals surface area contributed by atoms with Crippen molar-refractivity contribution in [2.24, 2.45) is 0 Å². The minimum Gasteiger partial charge on any atom is -0.481 e. The highest BCUT2D eigenvalue weighted by atomic mass is 16.4. The molecule has 2 rings (SSSR count). The van der Waals surface area contributed by atoms with Crippen molar-refractivity contribution in [3.63, 3.8) is 0 Å². The van der Waals surface area contributed by atoms with Gasteiger partial charge in [-0.25, -0.2) is 4.98 Å². The quantitative estimate of drug-likeness (QED) is 0.554. The van der Waals surface area contributed by atoms with Crippen LogP contribution in [0.4, 0.5) is 11.5 Å². The lowest BCUT2D eigenvalue weighted by atomic mass is 10.1. The third kappa shape index (κ3) is 2.88. The number of anilines is 2. The van der Waals surface area contributed by atoms with Gasteiger partial charge in [0.2, 0.25) is 0 Å². The minimum absolute atomic E-state index is 0.157. The summed E-state index contributed by atoms with van der Waals surface area (Å²) in [6.07, 6.45) is 2.44. The van der Waals surface area contributed by atoms with E-state index in [9.17, 15) is 4.79 Å². The molecule has 4 N–H and O–H groups in total. The smallest absolute Gasteiger partial charge is 0.303 e.